The Morgan fingerprint density at radius 1 is 0.489 bits per heavy atom. The molecule has 47 heavy (non-hydrogen) atoms. The summed E-state index contributed by atoms with van der Waals surface area (Å²) < 4.78 is 45.0. The highest BCUT2D eigenvalue weighted by Crippen LogP contribution is 2.39. The lowest BCUT2D eigenvalue weighted by Gasteiger charge is -2.27. The fourth-order valence-electron chi connectivity index (χ4n) is 5.18. The minimum atomic E-state index is -1.15. The van der Waals surface area contributed by atoms with Crippen molar-refractivity contribution in [2.75, 3.05) is 55.9 Å². The Morgan fingerprint density at radius 3 is 1.45 bits per heavy atom. The first-order chi connectivity index (χ1) is 22.8. The molecule has 0 aromatic heterocycles. The van der Waals surface area contributed by atoms with Crippen LogP contribution >= 0.6 is 0 Å². The maximum absolute atomic E-state index is 11.5. The second-order valence-electron chi connectivity index (χ2n) is 10.4. The monoisotopic (exact) mass is 650 g/mol. The van der Waals surface area contributed by atoms with Gasteiger partial charge in [0.15, 0.2) is 52.1 Å². The molecule has 3 N–H and O–H groups in total. The number of hydrogen-bond donors (Lipinski definition) is 3. The van der Waals surface area contributed by atoms with Crippen LogP contribution in [0, 0.1) is 0 Å². The first kappa shape index (κ1) is 35.0. The normalized spacial score (nSPS) is 13.5. The van der Waals surface area contributed by atoms with Gasteiger partial charge in [0.05, 0.1) is 55.4 Å². The molecule has 0 fully saturated rings. The topological polar surface area (TPSA) is 135 Å². The molecule has 4 aromatic rings. The van der Waals surface area contributed by atoms with Crippen LogP contribution in [-0.4, -0.2) is 77.3 Å². The number of benzene rings is 4. The molecule has 0 aliphatic rings. The van der Waals surface area contributed by atoms with Crippen LogP contribution in [0.5, 0.6) is 46.0 Å². The highest BCUT2D eigenvalue weighted by molar-refractivity contribution is 5.47. The van der Waals surface area contributed by atoms with Crippen LogP contribution in [0.25, 0.3) is 0 Å². The average Bonchev–Trinajstić information content (AvgIpc) is 3.12. The lowest BCUT2D eigenvalue weighted by molar-refractivity contribution is 0.00522. The van der Waals surface area contributed by atoms with Gasteiger partial charge in [0, 0.05) is 5.92 Å². The molecule has 4 atom stereocenters. The van der Waals surface area contributed by atoms with Crippen molar-refractivity contribution in [3.8, 4) is 46.0 Å². The number of rotatable bonds is 17. The highest BCUT2D eigenvalue weighted by atomic mass is 16.6. The van der Waals surface area contributed by atoms with E-state index in [1.54, 1.807) is 72.8 Å². The second kappa shape index (κ2) is 16.6. The summed E-state index contributed by atoms with van der Waals surface area (Å²) in [6.07, 6.45) is -3.16. The Kier molecular flexibility index (Phi) is 12.4. The Hall–Kier alpha value is -4.84. The van der Waals surface area contributed by atoms with Crippen molar-refractivity contribution in [1.82, 2.24) is 0 Å². The molecular weight excluding hydrogens is 608 g/mol. The standard InChI is InChI=1S/C36H42O11/c1-40-26-9-7-8-10-30(26)47-34(36(39)24-12-15-28(42-3)32(19-24)44-5)21-46-29-16-13-23(18-33(29)45-6)35(38)25(20-37)22-11-14-27(41-2)31(17-22)43-4/h7-19,25,34-39H,20-21H2,1-6H3. The zero-order valence-electron chi connectivity index (χ0n) is 27.3. The summed E-state index contributed by atoms with van der Waals surface area (Å²) in [5, 5.41) is 33.1. The van der Waals surface area contributed by atoms with Gasteiger partial charge < -0.3 is 53.2 Å². The van der Waals surface area contributed by atoms with Crippen LogP contribution in [-0.2, 0) is 0 Å². The van der Waals surface area contributed by atoms with E-state index in [0.717, 1.165) is 0 Å². The molecule has 0 amide bonds. The van der Waals surface area contributed by atoms with Crippen molar-refractivity contribution in [3.63, 3.8) is 0 Å². The van der Waals surface area contributed by atoms with Crippen molar-refractivity contribution >= 4 is 0 Å². The smallest absolute Gasteiger partial charge is 0.163 e. The lowest BCUT2D eigenvalue weighted by atomic mass is 9.89. The van der Waals surface area contributed by atoms with E-state index in [4.69, 9.17) is 37.9 Å². The van der Waals surface area contributed by atoms with E-state index in [1.807, 2.05) is 6.07 Å². The Morgan fingerprint density at radius 2 is 0.915 bits per heavy atom. The average molecular weight is 651 g/mol. The molecule has 0 saturated heterocycles. The maximum atomic E-state index is 11.5. The molecule has 252 valence electrons. The fourth-order valence-corrected chi connectivity index (χ4v) is 5.18. The van der Waals surface area contributed by atoms with Gasteiger partial charge in [-0.05, 0) is 65.2 Å². The van der Waals surface area contributed by atoms with E-state index < -0.39 is 24.2 Å². The molecule has 0 spiro atoms. The van der Waals surface area contributed by atoms with E-state index in [9.17, 15) is 15.3 Å². The molecule has 0 heterocycles. The first-order valence-corrected chi connectivity index (χ1v) is 14.8. The van der Waals surface area contributed by atoms with Gasteiger partial charge in [-0.25, -0.2) is 0 Å². The second-order valence-corrected chi connectivity index (χ2v) is 10.4. The summed E-state index contributed by atoms with van der Waals surface area (Å²) in [7, 11) is 9.13. The van der Waals surface area contributed by atoms with Gasteiger partial charge >= 0.3 is 0 Å². The van der Waals surface area contributed by atoms with Crippen LogP contribution in [0.4, 0.5) is 0 Å². The highest BCUT2D eigenvalue weighted by Gasteiger charge is 2.28. The minimum absolute atomic E-state index is 0.100. The van der Waals surface area contributed by atoms with Crippen molar-refractivity contribution in [1.29, 1.82) is 0 Å². The number of ether oxygens (including phenoxy) is 8. The quantitative estimate of drug-likeness (QED) is 0.141. The number of hydrogen-bond acceptors (Lipinski definition) is 11. The molecule has 4 aromatic carbocycles. The largest absolute Gasteiger partial charge is 0.493 e. The number of methoxy groups -OCH3 is 6. The molecule has 0 radical (unpaired) electrons. The third kappa shape index (κ3) is 8.12. The van der Waals surface area contributed by atoms with E-state index in [2.05, 4.69) is 0 Å². The molecule has 0 bridgehead atoms. The van der Waals surface area contributed by atoms with Crippen LogP contribution in [0.1, 0.15) is 34.8 Å². The van der Waals surface area contributed by atoms with Gasteiger partial charge in [0.25, 0.3) is 0 Å². The third-order valence-corrected chi connectivity index (χ3v) is 7.79. The van der Waals surface area contributed by atoms with Gasteiger partial charge in [-0.3, -0.25) is 0 Å². The van der Waals surface area contributed by atoms with Crippen LogP contribution in [0.2, 0.25) is 0 Å². The summed E-state index contributed by atoms with van der Waals surface area (Å²) in [5.41, 5.74) is 1.68. The molecule has 11 nitrogen and oxygen atoms in total. The number of para-hydroxylation sites is 2. The van der Waals surface area contributed by atoms with Crippen molar-refractivity contribution in [2.45, 2.75) is 24.2 Å². The van der Waals surface area contributed by atoms with Crippen molar-refractivity contribution in [3.05, 3.63) is 95.6 Å². The zero-order chi connectivity index (χ0) is 33.9. The maximum Gasteiger partial charge on any atom is 0.163 e. The summed E-state index contributed by atoms with van der Waals surface area (Å²) in [4.78, 5) is 0. The Labute approximate surface area is 274 Å². The fraction of sp³-hybridized carbons (Fsp3) is 0.333. The van der Waals surface area contributed by atoms with Crippen LogP contribution < -0.4 is 37.9 Å². The molecular formula is C36H42O11. The van der Waals surface area contributed by atoms with Crippen LogP contribution in [0.3, 0.4) is 0 Å². The molecule has 0 aliphatic heterocycles. The minimum Gasteiger partial charge on any atom is -0.493 e. The lowest BCUT2D eigenvalue weighted by Crippen LogP contribution is -2.32. The molecule has 11 heteroatoms. The molecule has 0 saturated carbocycles. The number of aliphatic hydroxyl groups is 3. The Balaban J connectivity index is 1.60. The van der Waals surface area contributed by atoms with Crippen LogP contribution in [0.15, 0.2) is 78.9 Å². The predicted molar refractivity (Wildman–Crippen MR) is 175 cm³/mol. The SMILES string of the molecule is COc1ccc(C(O)C(COc2ccc(C(O)C(CO)c3ccc(OC)c(OC)c3)cc2OC)Oc2ccccc2OC)cc1OC. The van der Waals surface area contributed by atoms with E-state index in [-0.39, 0.29) is 13.2 Å². The third-order valence-electron chi connectivity index (χ3n) is 7.79. The molecule has 4 unspecified atom stereocenters. The summed E-state index contributed by atoms with van der Waals surface area (Å²) >= 11 is 0. The number of aliphatic hydroxyl groups excluding tert-OH is 3. The summed E-state index contributed by atoms with van der Waals surface area (Å²) in [5.74, 6) is 2.91. The van der Waals surface area contributed by atoms with Gasteiger partial charge in [-0.15, -0.1) is 0 Å². The zero-order valence-corrected chi connectivity index (χ0v) is 27.3. The first-order valence-electron chi connectivity index (χ1n) is 14.8. The van der Waals surface area contributed by atoms with Crippen molar-refractivity contribution in [2.24, 2.45) is 0 Å². The van der Waals surface area contributed by atoms with E-state index in [0.29, 0.717) is 62.7 Å². The van der Waals surface area contributed by atoms with Crippen molar-refractivity contribution < 1.29 is 53.2 Å². The van der Waals surface area contributed by atoms with Gasteiger partial charge in [-0.2, -0.15) is 0 Å². The van der Waals surface area contributed by atoms with E-state index in [1.165, 1.54) is 42.7 Å². The molecule has 4 rings (SSSR count). The summed E-state index contributed by atoms with van der Waals surface area (Å²) in [6.45, 7) is -0.427. The van der Waals surface area contributed by atoms with E-state index >= 15 is 0 Å². The predicted octanol–water partition coefficient (Wildman–Crippen LogP) is 5.11. The van der Waals surface area contributed by atoms with Gasteiger partial charge in [0.2, 0.25) is 0 Å². The Bertz CT molecular complexity index is 1590. The van der Waals surface area contributed by atoms with Gasteiger partial charge in [0.1, 0.15) is 12.7 Å². The molecule has 0 aliphatic carbocycles. The van der Waals surface area contributed by atoms with Gasteiger partial charge in [-0.1, -0.05) is 30.3 Å². The summed E-state index contributed by atoms with van der Waals surface area (Å²) in [6, 6.07) is 22.4.